The Bertz CT molecular complexity index is 1190. The van der Waals surface area contributed by atoms with Crippen molar-refractivity contribution in [3.05, 3.63) is 70.5 Å². The van der Waals surface area contributed by atoms with Gasteiger partial charge in [-0.2, -0.15) is 0 Å². The number of carbonyl (C=O) groups excluding carboxylic acids is 2. The summed E-state index contributed by atoms with van der Waals surface area (Å²) in [4.78, 5) is 28.5. The van der Waals surface area contributed by atoms with Crippen LogP contribution in [0.5, 0.6) is 0 Å². The second kappa shape index (κ2) is 8.10. The number of rotatable bonds is 6. The SMILES string of the molecule is CC(=O)c1sc(NC(=O)c2cccc(NS(=O)(=O)c3ccc(F)cc3)c2)nc1C. The van der Waals surface area contributed by atoms with E-state index in [1.54, 1.807) is 6.92 Å². The molecule has 0 aliphatic heterocycles. The molecule has 0 atom stereocenters. The maximum absolute atomic E-state index is 13.0. The summed E-state index contributed by atoms with van der Waals surface area (Å²) >= 11 is 1.07. The Morgan fingerprint density at radius 1 is 1.10 bits per heavy atom. The molecule has 29 heavy (non-hydrogen) atoms. The van der Waals surface area contributed by atoms with Crippen molar-refractivity contribution in [2.24, 2.45) is 0 Å². The van der Waals surface area contributed by atoms with Gasteiger partial charge in [0.1, 0.15) is 5.82 Å². The zero-order valence-electron chi connectivity index (χ0n) is 15.4. The van der Waals surface area contributed by atoms with E-state index < -0.39 is 21.7 Å². The van der Waals surface area contributed by atoms with Gasteiger partial charge in [0, 0.05) is 18.2 Å². The Morgan fingerprint density at radius 2 is 1.79 bits per heavy atom. The van der Waals surface area contributed by atoms with Crippen molar-refractivity contribution in [2.75, 3.05) is 10.0 Å². The molecule has 0 saturated carbocycles. The molecule has 0 spiro atoms. The van der Waals surface area contributed by atoms with E-state index in [-0.39, 0.29) is 27.1 Å². The highest BCUT2D eigenvalue weighted by Gasteiger charge is 2.17. The molecule has 0 radical (unpaired) electrons. The molecular formula is C19H16FN3O4S2. The van der Waals surface area contributed by atoms with Crippen LogP contribution in [0, 0.1) is 12.7 Å². The molecule has 150 valence electrons. The van der Waals surface area contributed by atoms with Crippen molar-refractivity contribution in [3.8, 4) is 0 Å². The van der Waals surface area contributed by atoms with Gasteiger partial charge in [-0.1, -0.05) is 17.4 Å². The predicted molar refractivity (Wildman–Crippen MR) is 108 cm³/mol. The number of carbonyl (C=O) groups is 2. The van der Waals surface area contributed by atoms with Gasteiger partial charge < -0.3 is 0 Å². The van der Waals surface area contributed by atoms with Crippen molar-refractivity contribution in [1.82, 2.24) is 4.98 Å². The molecule has 0 fully saturated rings. The smallest absolute Gasteiger partial charge is 0.261 e. The largest absolute Gasteiger partial charge is 0.298 e. The van der Waals surface area contributed by atoms with Gasteiger partial charge in [0.2, 0.25) is 0 Å². The molecule has 0 bridgehead atoms. The fourth-order valence-electron chi connectivity index (χ4n) is 2.50. The summed E-state index contributed by atoms with van der Waals surface area (Å²) in [7, 11) is -3.94. The van der Waals surface area contributed by atoms with Crippen molar-refractivity contribution in [2.45, 2.75) is 18.7 Å². The minimum atomic E-state index is -3.94. The van der Waals surface area contributed by atoms with Gasteiger partial charge in [0.05, 0.1) is 15.5 Å². The Labute approximate surface area is 170 Å². The highest BCUT2D eigenvalue weighted by molar-refractivity contribution is 7.92. The number of ketones is 1. The van der Waals surface area contributed by atoms with Gasteiger partial charge in [-0.25, -0.2) is 17.8 Å². The van der Waals surface area contributed by atoms with Crippen LogP contribution in [0.3, 0.4) is 0 Å². The molecular weight excluding hydrogens is 417 g/mol. The Balaban J connectivity index is 1.78. The van der Waals surface area contributed by atoms with Gasteiger partial charge in [-0.15, -0.1) is 0 Å². The first kappa shape index (κ1) is 20.6. The molecule has 1 aromatic heterocycles. The Morgan fingerprint density at radius 3 is 2.41 bits per heavy atom. The van der Waals surface area contributed by atoms with Crippen LogP contribution < -0.4 is 10.0 Å². The van der Waals surface area contributed by atoms with Crippen LogP contribution >= 0.6 is 11.3 Å². The summed E-state index contributed by atoms with van der Waals surface area (Å²) in [6.45, 7) is 3.09. The average Bonchev–Trinajstić information content (AvgIpc) is 3.02. The van der Waals surface area contributed by atoms with Crippen LogP contribution in [0.2, 0.25) is 0 Å². The van der Waals surface area contributed by atoms with Crippen LogP contribution in [0.4, 0.5) is 15.2 Å². The normalized spacial score (nSPS) is 11.1. The quantitative estimate of drug-likeness (QED) is 0.575. The number of amides is 1. The lowest BCUT2D eigenvalue weighted by Gasteiger charge is -2.09. The van der Waals surface area contributed by atoms with Crippen LogP contribution in [0.1, 0.15) is 32.6 Å². The number of thiazole rings is 1. The number of anilines is 2. The molecule has 3 aromatic rings. The number of benzene rings is 2. The first-order valence-electron chi connectivity index (χ1n) is 8.34. The Kier molecular flexibility index (Phi) is 5.76. The monoisotopic (exact) mass is 433 g/mol. The predicted octanol–water partition coefficient (Wildman–Crippen LogP) is 3.85. The highest BCUT2D eigenvalue weighted by Crippen LogP contribution is 2.24. The molecule has 2 N–H and O–H groups in total. The number of hydrogen-bond donors (Lipinski definition) is 2. The van der Waals surface area contributed by atoms with E-state index in [0.717, 1.165) is 35.6 Å². The zero-order chi connectivity index (χ0) is 21.2. The fourth-order valence-corrected chi connectivity index (χ4v) is 4.40. The lowest BCUT2D eigenvalue weighted by Crippen LogP contribution is -2.15. The van der Waals surface area contributed by atoms with Crippen molar-refractivity contribution in [3.63, 3.8) is 0 Å². The van der Waals surface area contributed by atoms with Gasteiger partial charge in [-0.05, 0) is 49.4 Å². The molecule has 10 heteroatoms. The van der Waals surface area contributed by atoms with Gasteiger partial charge in [-0.3, -0.25) is 19.6 Å². The van der Waals surface area contributed by atoms with Crippen molar-refractivity contribution >= 4 is 43.9 Å². The summed E-state index contributed by atoms with van der Waals surface area (Å²) in [5, 5.41) is 2.87. The van der Waals surface area contributed by atoms with E-state index in [0.29, 0.717) is 10.6 Å². The molecule has 1 amide bonds. The van der Waals surface area contributed by atoms with Crippen LogP contribution in [-0.4, -0.2) is 25.1 Å². The third kappa shape index (κ3) is 4.84. The topological polar surface area (TPSA) is 105 Å². The van der Waals surface area contributed by atoms with E-state index in [1.807, 2.05) is 0 Å². The van der Waals surface area contributed by atoms with Gasteiger partial charge >= 0.3 is 0 Å². The fraction of sp³-hybridized carbons (Fsp3) is 0.105. The van der Waals surface area contributed by atoms with E-state index in [9.17, 15) is 22.4 Å². The summed E-state index contributed by atoms with van der Waals surface area (Å²) < 4.78 is 40.2. The molecule has 0 aliphatic carbocycles. The Hall–Kier alpha value is -3.11. The summed E-state index contributed by atoms with van der Waals surface area (Å²) in [5.41, 5.74) is 0.891. The van der Waals surface area contributed by atoms with Crippen LogP contribution in [0.25, 0.3) is 0 Å². The van der Waals surface area contributed by atoms with Gasteiger partial charge in [0.15, 0.2) is 10.9 Å². The van der Waals surface area contributed by atoms with Crippen LogP contribution in [0.15, 0.2) is 53.4 Å². The minimum Gasteiger partial charge on any atom is -0.298 e. The number of hydrogen-bond acceptors (Lipinski definition) is 6. The maximum atomic E-state index is 13.0. The number of sulfonamides is 1. The van der Waals surface area contributed by atoms with E-state index in [4.69, 9.17) is 0 Å². The number of nitrogens with zero attached hydrogens (tertiary/aromatic N) is 1. The molecule has 2 aromatic carbocycles. The molecule has 7 nitrogen and oxygen atoms in total. The second-order valence-electron chi connectivity index (χ2n) is 6.08. The van der Waals surface area contributed by atoms with E-state index in [1.165, 1.54) is 31.2 Å². The number of halogens is 1. The number of aromatic nitrogens is 1. The number of nitrogens with one attached hydrogen (secondary N) is 2. The molecule has 0 saturated heterocycles. The first-order valence-corrected chi connectivity index (χ1v) is 10.6. The lowest BCUT2D eigenvalue weighted by molar-refractivity contribution is 0.101. The third-order valence-corrected chi connectivity index (χ3v) is 6.41. The van der Waals surface area contributed by atoms with Gasteiger partial charge in [0.25, 0.3) is 15.9 Å². The molecule has 0 unspecified atom stereocenters. The second-order valence-corrected chi connectivity index (χ2v) is 8.77. The standard InChI is InChI=1S/C19H16FN3O4S2/c1-11-17(12(2)24)28-19(21-11)22-18(25)13-4-3-5-15(10-13)23-29(26,27)16-8-6-14(20)7-9-16/h3-10,23H,1-2H3,(H,21,22,25). The molecule has 1 heterocycles. The molecule has 3 rings (SSSR count). The number of Topliss-reactive ketones (excluding diaryl/α,β-unsaturated/α-hetero) is 1. The zero-order valence-corrected chi connectivity index (χ0v) is 17.0. The lowest BCUT2D eigenvalue weighted by atomic mass is 10.2. The average molecular weight is 433 g/mol. The van der Waals surface area contributed by atoms with Crippen molar-refractivity contribution < 1.29 is 22.4 Å². The summed E-state index contributed by atoms with van der Waals surface area (Å²) in [6, 6.07) is 10.3. The maximum Gasteiger partial charge on any atom is 0.261 e. The van der Waals surface area contributed by atoms with E-state index in [2.05, 4.69) is 15.0 Å². The number of aryl methyl sites for hydroxylation is 1. The van der Waals surface area contributed by atoms with Crippen LogP contribution in [-0.2, 0) is 10.0 Å². The molecule has 0 aliphatic rings. The third-order valence-electron chi connectivity index (χ3n) is 3.84. The summed E-state index contributed by atoms with van der Waals surface area (Å²) in [5.74, 6) is -1.19. The minimum absolute atomic E-state index is 0.108. The highest BCUT2D eigenvalue weighted by atomic mass is 32.2. The van der Waals surface area contributed by atoms with E-state index >= 15 is 0 Å². The first-order chi connectivity index (χ1) is 13.7. The summed E-state index contributed by atoms with van der Waals surface area (Å²) in [6.07, 6.45) is 0. The van der Waals surface area contributed by atoms with Crippen molar-refractivity contribution in [1.29, 1.82) is 0 Å².